The molecule has 1 amide bonds. The van der Waals surface area contributed by atoms with Crippen LogP contribution >= 0.6 is 0 Å². The van der Waals surface area contributed by atoms with Crippen LogP contribution in [0.25, 0.3) is 16.9 Å². The lowest BCUT2D eigenvalue weighted by Gasteiger charge is -2.05. The lowest BCUT2D eigenvalue weighted by molar-refractivity contribution is 0.0950. The Morgan fingerprint density at radius 3 is 2.70 bits per heavy atom. The first kappa shape index (κ1) is 16.7. The highest BCUT2D eigenvalue weighted by Crippen LogP contribution is 2.19. The van der Waals surface area contributed by atoms with Crippen LogP contribution in [0, 0.1) is 6.92 Å². The highest BCUT2D eigenvalue weighted by atomic mass is 16.1. The van der Waals surface area contributed by atoms with Crippen LogP contribution in [0.3, 0.4) is 0 Å². The fourth-order valence-corrected chi connectivity index (χ4v) is 2.88. The van der Waals surface area contributed by atoms with Gasteiger partial charge in [-0.05, 0) is 19.1 Å². The zero-order valence-electron chi connectivity index (χ0n) is 14.6. The molecule has 0 unspecified atom stereocenters. The van der Waals surface area contributed by atoms with Gasteiger partial charge in [0.25, 0.3) is 11.5 Å². The maximum atomic E-state index is 12.4. The van der Waals surface area contributed by atoms with Crippen molar-refractivity contribution in [2.75, 3.05) is 0 Å². The van der Waals surface area contributed by atoms with E-state index >= 15 is 0 Å². The van der Waals surface area contributed by atoms with E-state index in [1.54, 1.807) is 25.3 Å². The van der Waals surface area contributed by atoms with E-state index in [4.69, 9.17) is 0 Å². The number of rotatable bonds is 4. The van der Waals surface area contributed by atoms with Gasteiger partial charge >= 0.3 is 0 Å². The smallest absolute Gasteiger partial charge is 0.253 e. The van der Waals surface area contributed by atoms with E-state index in [0.29, 0.717) is 17.1 Å². The van der Waals surface area contributed by atoms with Crippen LogP contribution in [0.5, 0.6) is 0 Å². The molecule has 4 rings (SSSR count). The summed E-state index contributed by atoms with van der Waals surface area (Å²) in [5.74, 6) is 0.270. The zero-order chi connectivity index (χ0) is 18.8. The van der Waals surface area contributed by atoms with E-state index in [0.717, 1.165) is 16.9 Å². The van der Waals surface area contributed by atoms with Gasteiger partial charge in [-0.15, -0.1) is 0 Å². The number of carbonyl (C=O) groups is 1. The Morgan fingerprint density at radius 2 is 1.93 bits per heavy atom. The van der Waals surface area contributed by atoms with Crippen molar-refractivity contribution in [2.45, 2.75) is 13.5 Å². The lowest BCUT2D eigenvalue weighted by Crippen LogP contribution is -2.25. The summed E-state index contributed by atoms with van der Waals surface area (Å²) in [7, 11) is 0. The summed E-state index contributed by atoms with van der Waals surface area (Å²) in [6.07, 6.45) is 3.63. The maximum Gasteiger partial charge on any atom is 0.253 e. The van der Waals surface area contributed by atoms with Crippen molar-refractivity contribution >= 4 is 11.6 Å². The van der Waals surface area contributed by atoms with Crippen molar-refractivity contribution in [1.29, 1.82) is 0 Å². The van der Waals surface area contributed by atoms with Crippen LogP contribution in [-0.4, -0.2) is 25.3 Å². The summed E-state index contributed by atoms with van der Waals surface area (Å²) in [6.45, 7) is 1.88. The zero-order valence-corrected chi connectivity index (χ0v) is 14.6. The summed E-state index contributed by atoms with van der Waals surface area (Å²) in [6, 6.07) is 14.8. The van der Waals surface area contributed by atoms with Gasteiger partial charge in [0.05, 0.1) is 23.5 Å². The quantitative estimate of drug-likeness (QED) is 0.585. The molecule has 27 heavy (non-hydrogen) atoms. The van der Waals surface area contributed by atoms with E-state index in [1.165, 1.54) is 6.07 Å². The minimum atomic E-state index is -0.244. The molecule has 2 N–H and O–H groups in total. The van der Waals surface area contributed by atoms with Crippen molar-refractivity contribution in [2.24, 2.45) is 0 Å². The number of hydrogen-bond donors (Lipinski definition) is 2. The molecule has 0 spiro atoms. The van der Waals surface area contributed by atoms with Crippen molar-refractivity contribution < 1.29 is 4.79 Å². The molecule has 0 aliphatic carbocycles. The normalized spacial score (nSPS) is 10.9. The fourth-order valence-electron chi connectivity index (χ4n) is 2.88. The van der Waals surface area contributed by atoms with Crippen LogP contribution in [0.2, 0.25) is 0 Å². The van der Waals surface area contributed by atoms with Gasteiger partial charge < -0.3 is 14.7 Å². The number of H-pyrrole nitrogens is 1. The Labute approximate surface area is 154 Å². The summed E-state index contributed by atoms with van der Waals surface area (Å²) in [4.78, 5) is 35.3. The second kappa shape index (κ2) is 6.87. The molecule has 134 valence electrons. The predicted molar refractivity (Wildman–Crippen MR) is 101 cm³/mol. The Morgan fingerprint density at radius 1 is 1.11 bits per heavy atom. The Hall–Kier alpha value is -3.74. The van der Waals surface area contributed by atoms with Gasteiger partial charge in [0, 0.05) is 24.0 Å². The van der Waals surface area contributed by atoms with E-state index in [-0.39, 0.29) is 18.0 Å². The number of nitrogens with one attached hydrogen (secondary N) is 2. The summed E-state index contributed by atoms with van der Waals surface area (Å²) in [5, 5.41) is 2.78. The molecule has 7 heteroatoms. The van der Waals surface area contributed by atoms with Gasteiger partial charge in [-0.3, -0.25) is 9.59 Å². The van der Waals surface area contributed by atoms with Crippen molar-refractivity contribution in [3.8, 4) is 11.3 Å². The third kappa shape index (κ3) is 3.62. The van der Waals surface area contributed by atoms with Gasteiger partial charge in [-0.1, -0.05) is 30.3 Å². The number of aromatic nitrogens is 4. The molecule has 3 aromatic heterocycles. The molecule has 0 atom stereocenters. The highest BCUT2D eigenvalue weighted by Gasteiger charge is 2.10. The molecule has 0 fully saturated rings. The molecular formula is C20H17N5O2. The molecule has 0 saturated heterocycles. The number of imidazole rings is 1. The van der Waals surface area contributed by atoms with Crippen LogP contribution < -0.4 is 10.9 Å². The van der Waals surface area contributed by atoms with Crippen LogP contribution in [0.15, 0.2) is 65.7 Å². The monoisotopic (exact) mass is 359 g/mol. The number of benzene rings is 1. The van der Waals surface area contributed by atoms with Crippen LogP contribution in [0.4, 0.5) is 0 Å². The molecule has 0 bridgehead atoms. The first-order valence-corrected chi connectivity index (χ1v) is 8.48. The van der Waals surface area contributed by atoms with E-state index in [2.05, 4.69) is 20.3 Å². The molecule has 3 heterocycles. The molecule has 1 aromatic carbocycles. The van der Waals surface area contributed by atoms with Crippen molar-refractivity contribution in [1.82, 2.24) is 24.7 Å². The topological polar surface area (TPSA) is 92.2 Å². The molecule has 0 radical (unpaired) electrons. The molecular weight excluding hydrogens is 342 g/mol. The van der Waals surface area contributed by atoms with Gasteiger partial charge in [0.1, 0.15) is 11.5 Å². The van der Waals surface area contributed by atoms with E-state index in [9.17, 15) is 9.59 Å². The predicted octanol–water partition coefficient (Wildman–Crippen LogP) is 2.32. The number of nitrogens with zero attached hydrogens (tertiary/aromatic N) is 3. The minimum Gasteiger partial charge on any atom is -0.346 e. The summed E-state index contributed by atoms with van der Waals surface area (Å²) in [5.41, 5.74) is 3.40. The van der Waals surface area contributed by atoms with E-state index < -0.39 is 0 Å². The van der Waals surface area contributed by atoms with Crippen LogP contribution in [0.1, 0.15) is 21.9 Å². The van der Waals surface area contributed by atoms with Crippen molar-refractivity contribution in [3.05, 3.63) is 88.4 Å². The largest absolute Gasteiger partial charge is 0.346 e. The highest BCUT2D eigenvalue weighted by molar-refractivity contribution is 5.94. The maximum absolute atomic E-state index is 12.4. The van der Waals surface area contributed by atoms with Gasteiger partial charge in [0.2, 0.25) is 0 Å². The lowest BCUT2D eigenvalue weighted by atomic mass is 10.2. The van der Waals surface area contributed by atoms with Gasteiger partial charge in [0.15, 0.2) is 0 Å². The number of hydrogen-bond acceptors (Lipinski definition) is 4. The Kier molecular flexibility index (Phi) is 4.25. The number of carbonyl (C=O) groups excluding carboxylic acids is 1. The second-order valence-corrected chi connectivity index (χ2v) is 6.18. The number of aryl methyl sites for hydroxylation is 1. The molecule has 4 aromatic rings. The number of amides is 1. The minimum absolute atomic E-state index is 0.181. The average Bonchev–Trinajstić information content (AvgIpc) is 3.09. The summed E-state index contributed by atoms with van der Waals surface area (Å²) < 4.78 is 1.83. The molecule has 0 saturated carbocycles. The van der Waals surface area contributed by atoms with Crippen molar-refractivity contribution in [3.63, 3.8) is 0 Å². The van der Waals surface area contributed by atoms with Gasteiger partial charge in [-0.2, -0.15) is 0 Å². The molecule has 0 aliphatic heterocycles. The average molecular weight is 359 g/mol. The van der Waals surface area contributed by atoms with E-state index in [1.807, 2.05) is 40.9 Å². The molecule has 0 aliphatic rings. The SMILES string of the molecule is Cc1nc(CNC(=O)c2ccc3nc(-c4ccccc4)cn3c2)cc(=O)[nH]1. The second-order valence-electron chi connectivity index (χ2n) is 6.18. The Balaban J connectivity index is 1.54. The molecule has 7 nitrogen and oxygen atoms in total. The third-order valence-corrected chi connectivity index (χ3v) is 4.13. The summed E-state index contributed by atoms with van der Waals surface area (Å²) >= 11 is 0. The third-order valence-electron chi connectivity index (χ3n) is 4.13. The number of aromatic amines is 1. The van der Waals surface area contributed by atoms with Gasteiger partial charge in [-0.25, -0.2) is 9.97 Å². The first-order valence-electron chi connectivity index (χ1n) is 8.48. The standard InChI is InChI=1S/C20H17N5O2/c1-13-22-16(9-19(26)23-13)10-21-20(27)15-7-8-18-24-17(12-25(18)11-15)14-5-3-2-4-6-14/h2-9,11-12H,10H2,1H3,(H,21,27)(H,22,23,26). The number of pyridine rings is 1. The van der Waals surface area contributed by atoms with Crippen LogP contribution in [-0.2, 0) is 6.54 Å². The first-order chi connectivity index (χ1) is 13.1. The fraction of sp³-hybridized carbons (Fsp3) is 0.100. The Bertz CT molecular complexity index is 1180. The number of fused-ring (bicyclic) bond motifs is 1.